The van der Waals surface area contributed by atoms with Crippen LogP contribution in [0, 0.1) is 0 Å². The van der Waals surface area contributed by atoms with E-state index < -0.39 is 17.3 Å². The fourth-order valence-electron chi connectivity index (χ4n) is 1.47. The smallest absolute Gasteiger partial charge is 0.266 e. The standard InChI is InChI=1S/C11H6ClF3N2O/c12-8-5-9(16-17-10(8)18)6-3-1-2-4-7(6)11(13,14)15/h1-5H,(H,17,18). The number of halogens is 4. The summed E-state index contributed by atoms with van der Waals surface area (Å²) in [5.41, 5.74) is -1.65. The molecule has 1 heterocycles. The number of aromatic amines is 1. The molecular formula is C11H6ClF3N2O. The predicted molar refractivity (Wildman–Crippen MR) is 60.3 cm³/mol. The highest BCUT2D eigenvalue weighted by molar-refractivity contribution is 6.30. The monoisotopic (exact) mass is 274 g/mol. The molecule has 0 saturated heterocycles. The van der Waals surface area contributed by atoms with E-state index in [0.29, 0.717) is 0 Å². The molecular weight excluding hydrogens is 269 g/mol. The van der Waals surface area contributed by atoms with Crippen molar-refractivity contribution < 1.29 is 13.2 Å². The van der Waals surface area contributed by atoms with Crippen LogP contribution in [0.2, 0.25) is 5.02 Å². The SMILES string of the molecule is O=c1[nH]nc(-c2ccccc2C(F)(F)F)cc1Cl. The van der Waals surface area contributed by atoms with Crippen molar-refractivity contribution in [3.63, 3.8) is 0 Å². The van der Waals surface area contributed by atoms with Crippen LogP contribution in [0.15, 0.2) is 35.1 Å². The molecule has 1 aromatic heterocycles. The summed E-state index contributed by atoms with van der Waals surface area (Å²) in [7, 11) is 0. The van der Waals surface area contributed by atoms with Gasteiger partial charge in [0.1, 0.15) is 5.02 Å². The second-order valence-corrected chi connectivity index (χ2v) is 3.88. The first-order valence-electron chi connectivity index (χ1n) is 4.81. The first-order valence-corrected chi connectivity index (χ1v) is 5.19. The molecule has 0 fully saturated rings. The minimum Gasteiger partial charge on any atom is -0.266 e. The van der Waals surface area contributed by atoms with Crippen molar-refractivity contribution in [3.05, 3.63) is 51.3 Å². The minimum absolute atomic E-state index is 0.0347. The van der Waals surface area contributed by atoms with E-state index >= 15 is 0 Å². The van der Waals surface area contributed by atoms with Gasteiger partial charge < -0.3 is 0 Å². The Morgan fingerprint density at radius 2 is 1.89 bits per heavy atom. The first kappa shape index (κ1) is 12.6. The van der Waals surface area contributed by atoms with Crippen molar-refractivity contribution in [2.45, 2.75) is 6.18 Å². The van der Waals surface area contributed by atoms with Crippen molar-refractivity contribution >= 4 is 11.6 Å². The molecule has 0 aliphatic rings. The summed E-state index contributed by atoms with van der Waals surface area (Å²) < 4.78 is 38.3. The molecule has 0 aliphatic carbocycles. The highest BCUT2D eigenvalue weighted by atomic mass is 35.5. The van der Waals surface area contributed by atoms with E-state index in [1.807, 2.05) is 5.10 Å². The van der Waals surface area contributed by atoms with Gasteiger partial charge in [-0.1, -0.05) is 29.8 Å². The normalized spacial score (nSPS) is 11.6. The molecule has 0 unspecified atom stereocenters. The molecule has 18 heavy (non-hydrogen) atoms. The second-order valence-electron chi connectivity index (χ2n) is 3.47. The van der Waals surface area contributed by atoms with Gasteiger partial charge in [-0.05, 0) is 12.1 Å². The predicted octanol–water partition coefficient (Wildman–Crippen LogP) is 3.11. The Labute approximate surface area is 104 Å². The molecule has 0 radical (unpaired) electrons. The molecule has 3 nitrogen and oxygen atoms in total. The summed E-state index contributed by atoms with van der Waals surface area (Å²) in [5.74, 6) is 0. The van der Waals surface area contributed by atoms with Gasteiger partial charge in [-0.2, -0.15) is 18.3 Å². The lowest BCUT2D eigenvalue weighted by Gasteiger charge is -2.11. The number of aromatic nitrogens is 2. The van der Waals surface area contributed by atoms with E-state index in [4.69, 9.17) is 11.6 Å². The molecule has 1 aromatic carbocycles. The van der Waals surface area contributed by atoms with Crippen LogP contribution in [0.3, 0.4) is 0 Å². The molecule has 0 bridgehead atoms. The molecule has 0 saturated carbocycles. The summed E-state index contributed by atoms with van der Waals surface area (Å²) >= 11 is 5.57. The summed E-state index contributed by atoms with van der Waals surface area (Å²) in [5, 5.41) is 5.39. The van der Waals surface area contributed by atoms with Crippen LogP contribution in [-0.4, -0.2) is 10.2 Å². The number of alkyl halides is 3. The van der Waals surface area contributed by atoms with Crippen LogP contribution in [-0.2, 0) is 6.18 Å². The van der Waals surface area contributed by atoms with E-state index in [0.717, 1.165) is 12.1 Å². The maximum atomic E-state index is 12.8. The summed E-state index contributed by atoms with van der Waals surface area (Å²) in [4.78, 5) is 11.0. The van der Waals surface area contributed by atoms with Crippen molar-refractivity contribution in [1.82, 2.24) is 10.2 Å². The molecule has 94 valence electrons. The summed E-state index contributed by atoms with van der Waals surface area (Å²) in [6.45, 7) is 0. The highest BCUT2D eigenvalue weighted by Gasteiger charge is 2.33. The van der Waals surface area contributed by atoms with Crippen molar-refractivity contribution in [1.29, 1.82) is 0 Å². The van der Waals surface area contributed by atoms with Crippen LogP contribution in [0.25, 0.3) is 11.3 Å². The molecule has 0 amide bonds. The van der Waals surface area contributed by atoms with Gasteiger partial charge in [0.2, 0.25) is 0 Å². The van der Waals surface area contributed by atoms with Crippen molar-refractivity contribution in [2.24, 2.45) is 0 Å². The first-order chi connectivity index (χ1) is 8.39. The topological polar surface area (TPSA) is 45.8 Å². The van der Waals surface area contributed by atoms with E-state index in [-0.39, 0.29) is 16.3 Å². The van der Waals surface area contributed by atoms with Crippen LogP contribution in [0.4, 0.5) is 13.2 Å². The Morgan fingerprint density at radius 3 is 2.50 bits per heavy atom. The Bertz CT molecular complexity index is 637. The van der Waals surface area contributed by atoms with Crippen LogP contribution < -0.4 is 5.56 Å². The number of nitrogens with one attached hydrogen (secondary N) is 1. The number of nitrogens with zero attached hydrogens (tertiary/aromatic N) is 1. The third-order valence-electron chi connectivity index (χ3n) is 2.27. The van der Waals surface area contributed by atoms with Crippen molar-refractivity contribution in [2.75, 3.05) is 0 Å². The van der Waals surface area contributed by atoms with E-state index in [2.05, 4.69) is 5.10 Å². The zero-order valence-electron chi connectivity index (χ0n) is 8.75. The van der Waals surface area contributed by atoms with E-state index in [1.165, 1.54) is 18.2 Å². The lowest BCUT2D eigenvalue weighted by Crippen LogP contribution is -2.11. The largest absolute Gasteiger partial charge is 0.417 e. The number of hydrogen-bond donors (Lipinski definition) is 1. The Morgan fingerprint density at radius 1 is 1.22 bits per heavy atom. The molecule has 0 aliphatic heterocycles. The maximum Gasteiger partial charge on any atom is 0.417 e. The Hall–Kier alpha value is -1.82. The number of rotatable bonds is 1. The molecule has 2 aromatic rings. The van der Waals surface area contributed by atoms with Gasteiger partial charge in [0.25, 0.3) is 5.56 Å². The maximum absolute atomic E-state index is 12.8. The van der Waals surface area contributed by atoms with Gasteiger partial charge in [0.15, 0.2) is 0 Å². The van der Waals surface area contributed by atoms with Gasteiger partial charge in [0, 0.05) is 5.56 Å². The summed E-state index contributed by atoms with van der Waals surface area (Å²) in [6, 6.07) is 6.03. The zero-order chi connectivity index (χ0) is 13.3. The summed E-state index contributed by atoms with van der Waals surface area (Å²) in [6.07, 6.45) is -4.50. The fraction of sp³-hybridized carbons (Fsp3) is 0.0909. The van der Waals surface area contributed by atoms with Crippen molar-refractivity contribution in [3.8, 4) is 11.3 Å². The molecule has 7 heteroatoms. The molecule has 2 rings (SSSR count). The lowest BCUT2D eigenvalue weighted by molar-refractivity contribution is -0.137. The molecule has 0 spiro atoms. The van der Waals surface area contributed by atoms with Crippen LogP contribution >= 0.6 is 11.6 Å². The third kappa shape index (κ3) is 2.38. The lowest BCUT2D eigenvalue weighted by atomic mass is 10.0. The zero-order valence-corrected chi connectivity index (χ0v) is 9.51. The fourth-order valence-corrected chi connectivity index (χ4v) is 1.62. The van der Waals surface area contributed by atoms with Gasteiger partial charge in [-0.3, -0.25) is 4.79 Å². The molecule has 1 N–H and O–H groups in total. The van der Waals surface area contributed by atoms with Crippen LogP contribution in [0.5, 0.6) is 0 Å². The van der Waals surface area contributed by atoms with Gasteiger partial charge in [-0.15, -0.1) is 0 Å². The Balaban J connectivity index is 2.64. The minimum atomic E-state index is -4.50. The number of H-pyrrole nitrogens is 1. The van der Waals surface area contributed by atoms with Gasteiger partial charge >= 0.3 is 6.18 Å². The van der Waals surface area contributed by atoms with Crippen LogP contribution in [0.1, 0.15) is 5.56 Å². The van der Waals surface area contributed by atoms with E-state index in [1.54, 1.807) is 0 Å². The molecule has 0 atom stereocenters. The number of benzene rings is 1. The second kappa shape index (κ2) is 4.45. The average Bonchev–Trinajstić information content (AvgIpc) is 2.32. The van der Waals surface area contributed by atoms with Gasteiger partial charge in [-0.25, -0.2) is 5.10 Å². The highest BCUT2D eigenvalue weighted by Crippen LogP contribution is 2.36. The van der Waals surface area contributed by atoms with Gasteiger partial charge in [0.05, 0.1) is 11.3 Å². The Kier molecular flexibility index (Phi) is 3.13. The van der Waals surface area contributed by atoms with E-state index in [9.17, 15) is 18.0 Å². The quantitative estimate of drug-likeness (QED) is 0.868. The average molecular weight is 275 g/mol. The third-order valence-corrected chi connectivity index (χ3v) is 2.55. The number of hydrogen-bond acceptors (Lipinski definition) is 2.